The number of ether oxygens (including phenoxy) is 2. The van der Waals surface area contributed by atoms with E-state index in [-0.39, 0.29) is 22.6 Å². The summed E-state index contributed by atoms with van der Waals surface area (Å²) >= 11 is 6.12. The van der Waals surface area contributed by atoms with Gasteiger partial charge in [-0.2, -0.15) is 4.31 Å². The molecule has 1 aliphatic heterocycles. The Morgan fingerprint density at radius 3 is 2.38 bits per heavy atom. The SMILES string of the molecule is COc1ccc([C@H](c2ccc(Cl)cc2)[C@H](N)C(=O)Nc2cccc(F)c2CCC[C@H]2CNC[C@H](C)N2S(=O)(=O)c2ccc(OC(F)(F)F)cc2)cn1. The van der Waals surface area contributed by atoms with E-state index in [0.29, 0.717) is 48.0 Å². The molecule has 16 heteroatoms. The molecule has 0 radical (unpaired) electrons. The number of rotatable bonds is 13. The van der Waals surface area contributed by atoms with E-state index >= 15 is 4.39 Å². The van der Waals surface area contributed by atoms with Crippen molar-refractivity contribution >= 4 is 33.2 Å². The Labute approximate surface area is 304 Å². The highest BCUT2D eigenvalue weighted by molar-refractivity contribution is 7.89. The van der Waals surface area contributed by atoms with Gasteiger partial charge in [-0.05, 0) is 85.8 Å². The number of nitrogens with zero attached hydrogens (tertiary/aromatic N) is 2. The Bertz CT molecular complexity index is 1930. The van der Waals surface area contributed by atoms with Gasteiger partial charge in [0.1, 0.15) is 11.6 Å². The first-order valence-electron chi connectivity index (χ1n) is 16.4. The second-order valence-electron chi connectivity index (χ2n) is 12.4. The largest absolute Gasteiger partial charge is 0.573 e. The van der Waals surface area contributed by atoms with E-state index in [9.17, 15) is 26.4 Å². The fourth-order valence-corrected chi connectivity index (χ4v) is 8.35. The number of pyridine rings is 1. The molecule has 0 bridgehead atoms. The fourth-order valence-electron chi connectivity index (χ4n) is 6.38. The van der Waals surface area contributed by atoms with Crippen molar-refractivity contribution < 1.29 is 40.2 Å². The molecule has 1 aliphatic rings. The van der Waals surface area contributed by atoms with Crippen LogP contribution >= 0.6 is 11.6 Å². The first-order valence-corrected chi connectivity index (χ1v) is 18.2. The lowest BCUT2D eigenvalue weighted by Crippen LogP contribution is -2.58. The number of anilines is 1. The normalized spacial score (nSPS) is 18.0. The molecule has 2 heterocycles. The predicted molar refractivity (Wildman–Crippen MR) is 188 cm³/mol. The number of hydrogen-bond donors (Lipinski definition) is 3. The number of halogens is 5. The molecule has 4 aromatic rings. The average Bonchev–Trinajstić information content (AvgIpc) is 3.10. The third kappa shape index (κ3) is 9.38. The summed E-state index contributed by atoms with van der Waals surface area (Å²) in [5.74, 6) is -1.93. The Balaban J connectivity index is 1.31. The second-order valence-corrected chi connectivity index (χ2v) is 14.6. The summed E-state index contributed by atoms with van der Waals surface area (Å²) in [5, 5.41) is 6.52. The monoisotopic (exact) mass is 763 g/mol. The second kappa shape index (κ2) is 16.6. The van der Waals surface area contributed by atoms with Crippen molar-refractivity contribution in [3.63, 3.8) is 0 Å². The molecular formula is C36H38ClF4N5O5S. The van der Waals surface area contributed by atoms with Gasteiger partial charge in [-0.3, -0.25) is 4.79 Å². The van der Waals surface area contributed by atoms with Crippen LogP contribution in [0, 0.1) is 5.82 Å². The fraction of sp³-hybridized carbons (Fsp3) is 0.333. The summed E-state index contributed by atoms with van der Waals surface area (Å²) in [6.45, 7) is 2.39. The van der Waals surface area contributed by atoms with Crippen LogP contribution in [0.15, 0.2) is 90.0 Å². The molecule has 278 valence electrons. The zero-order valence-corrected chi connectivity index (χ0v) is 29.8. The highest BCUT2D eigenvalue weighted by Crippen LogP contribution is 2.32. The molecule has 4 atom stereocenters. The van der Waals surface area contributed by atoms with E-state index in [2.05, 4.69) is 20.4 Å². The molecule has 0 aliphatic carbocycles. The number of carbonyl (C=O) groups excluding carboxylic acids is 1. The van der Waals surface area contributed by atoms with Crippen LogP contribution in [0.4, 0.5) is 23.2 Å². The highest BCUT2D eigenvalue weighted by atomic mass is 35.5. The van der Waals surface area contributed by atoms with Crippen molar-refractivity contribution in [3.8, 4) is 11.6 Å². The minimum atomic E-state index is -4.92. The van der Waals surface area contributed by atoms with E-state index in [4.69, 9.17) is 22.1 Å². The third-order valence-electron chi connectivity index (χ3n) is 8.81. The molecule has 0 saturated carbocycles. The van der Waals surface area contributed by atoms with Crippen LogP contribution in [0.2, 0.25) is 5.02 Å². The molecule has 1 aromatic heterocycles. The predicted octanol–water partition coefficient (Wildman–Crippen LogP) is 6.25. The van der Waals surface area contributed by atoms with Crippen molar-refractivity contribution in [2.24, 2.45) is 5.73 Å². The zero-order chi connectivity index (χ0) is 37.6. The summed E-state index contributed by atoms with van der Waals surface area (Å²) in [7, 11) is -2.64. The smallest absolute Gasteiger partial charge is 0.481 e. The van der Waals surface area contributed by atoms with E-state index in [1.807, 2.05) is 0 Å². The maximum atomic E-state index is 15.3. The van der Waals surface area contributed by atoms with Crippen LogP contribution in [0.5, 0.6) is 11.6 Å². The maximum Gasteiger partial charge on any atom is 0.573 e. The van der Waals surface area contributed by atoms with Crippen molar-refractivity contribution in [1.29, 1.82) is 0 Å². The molecule has 1 amide bonds. The van der Waals surface area contributed by atoms with Gasteiger partial charge in [0.2, 0.25) is 21.8 Å². The molecule has 52 heavy (non-hydrogen) atoms. The molecule has 4 N–H and O–H groups in total. The molecule has 5 rings (SSSR count). The van der Waals surface area contributed by atoms with Crippen molar-refractivity contribution in [2.75, 3.05) is 25.5 Å². The lowest BCUT2D eigenvalue weighted by molar-refractivity contribution is -0.274. The Hall–Kier alpha value is -4.28. The van der Waals surface area contributed by atoms with Crippen LogP contribution in [0.25, 0.3) is 0 Å². The van der Waals surface area contributed by atoms with Gasteiger partial charge in [0.15, 0.2) is 0 Å². The number of sulfonamides is 1. The summed E-state index contributed by atoms with van der Waals surface area (Å²) in [6.07, 6.45) is -2.54. The maximum absolute atomic E-state index is 15.3. The van der Waals surface area contributed by atoms with E-state index in [1.54, 1.807) is 55.6 Å². The van der Waals surface area contributed by atoms with Gasteiger partial charge in [-0.25, -0.2) is 17.8 Å². The summed E-state index contributed by atoms with van der Waals surface area (Å²) in [4.78, 5) is 17.8. The topological polar surface area (TPSA) is 136 Å². The van der Waals surface area contributed by atoms with Gasteiger partial charge >= 0.3 is 6.36 Å². The van der Waals surface area contributed by atoms with Crippen molar-refractivity contribution in [2.45, 2.75) is 61.5 Å². The first-order chi connectivity index (χ1) is 24.7. The Morgan fingerprint density at radius 2 is 1.75 bits per heavy atom. The molecule has 3 aromatic carbocycles. The third-order valence-corrected chi connectivity index (χ3v) is 11.1. The van der Waals surface area contributed by atoms with Gasteiger partial charge < -0.3 is 25.8 Å². The molecule has 1 saturated heterocycles. The van der Waals surface area contributed by atoms with Gasteiger partial charge in [-0.15, -0.1) is 13.2 Å². The minimum Gasteiger partial charge on any atom is -0.481 e. The molecule has 0 unspecified atom stereocenters. The van der Waals surface area contributed by atoms with Gasteiger partial charge in [-0.1, -0.05) is 35.9 Å². The number of benzene rings is 3. The molecule has 1 fully saturated rings. The average molecular weight is 764 g/mol. The van der Waals surface area contributed by atoms with Crippen molar-refractivity contribution in [3.05, 3.63) is 113 Å². The van der Waals surface area contributed by atoms with Gasteiger partial charge in [0.05, 0.1) is 18.0 Å². The zero-order valence-electron chi connectivity index (χ0n) is 28.2. The van der Waals surface area contributed by atoms with Gasteiger partial charge in [0, 0.05) is 59.6 Å². The Kier molecular flexibility index (Phi) is 12.4. The van der Waals surface area contributed by atoms with Crippen LogP contribution in [0.1, 0.15) is 42.4 Å². The van der Waals surface area contributed by atoms with E-state index in [0.717, 1.165) is 24.3 Å². The number of hydrogen-bond acceptors (Lipinski definition) is 8. The quantitative estimate of drug-likeness (QED) is 0.136. The highest BCUT2D eigenvalue weighted by Gasteiger charge is 2.38. The molecule has 10 nitrogen and oxygen atoms in total. The Morgan fingerprint density at radius 1 is 1.06 bits per heavy atom. The number of piperazine rings is 1. The number of amides is 1. The number of nitrogens with two attached hydrogens (primary N) is 1. The number of alkyl halides is 3. The van der Waals surface area contributed by atoms with Crippen molar-refractivity contribution in [1.82, 2.24) is 14.6 Å². The van der Waals surface area contributed by atoms with Crippen LogP contribution < -0.4 is 25.8 Å². The van der Waals surface area contributed by atoms with Crippen LogP contribution in [-0.2, 0) is 21.2 Å². The lowest BCUT2D eigenvalue weighted by atomic mass is 9.85. The molecule has 0 spiro atoms. The number of aromatic nitrogens is 1. The molecular weight excluding hydrogens is 726 g/mol. The summed E-state index contributed by atoms with van der Waals surface area (Å²) in [5.41, 5.74) is 8.40. The standard InChI is InChI=1S/C36H38ClF4N5O5S/c1-22-19-43-21-26(46(22)52(48,49)28-16-14-27(15-17-28)51-36(39,40)41)5-3-6-29-30(38)7-4-8-31(29)45-35(47)34(42)33(23-9-12-25(37)13-10-23)24-11-18-32(50-2)44-20-24/h4,7-18,20,22,26,33-34,43H,3,5-6,19,21,42H2,1-2H3,(H,45,47)/t22-,26-,33-,34-/m0/s1. The number of methoxy groups -OCH3 is 1. The summed E-state index contributed by atoms with van der Waals surface area (Å²) in [6, 6.07) is 16.5. The van der Waals surface area contributed by atoms with E-state index < -0.39 is 57.9 Å². The van der Waals surface area contributed by atoms with Crippen LogP contribution in [-0.4, -0.2) is 68.3 Å². The van der Waals surface area contributed by atoms with Crippen LogP contribution in [0.3, 0.4) is 0 Å². The van der Waals surface area contributed by atoms with Gasteiger partial charge in [0.25, 0.3) is 0 Å². The lowest BCUT2D eigenvalue weighted by Gasteiger charge is -2.40. The van der Waals surface area contributed by atoms with E-state index in [1.165, 1.54) is 23.5 Å². The number of nitrogens with one attached hydrogen (secondary N) is 2. The number of carbonyl (C=O) groups is 1. The minimum absolute atomic E-state index is 0.156. The summed E-state index contributed by atoms with van der Waals surface area (Å²) < 4.78 is 91.1. The first kappa shape index (κ1) is 38.9.